The zero-order chi connectivity index (χ0) is 16.2. The Balaban J connectivity index is 2.50. The van der Waals surface area contributed by atoms with Crippen LogP contribution in [0.2, 0.25) is 0 Å². The molecule has 8 nitrogen and oxygen atoms in total. The molecule has 1 heterocycles. The van der Waals surface area contributed by atoms with Gasteiger partial charge in [-0.25, -0.2) is 18.6 Å². The van der Waals surface area contributed by atoms with E-state index in [1.54, 1.807) is 0 Å². The summed E-state index contributed by atoms with van der Waals surface area (Å²) < 4.78 is 32.3. The summed E-state index contributed by atoms with van der Waals surface area (Å²) in [6.07, 6.45) is -4.37. The van der Waals surface area contributed by atoms with Crippen molar-refractivity contribution in [1.82, 2.24) is 5.32 Å². The average Bonchev–Trinajstić information content (AvgIpc) is 2.47. The Bertz CT molecular complexity index is 660. The highest BCUT2D eigenvalue weighted by Crippen LogP contribution is 2.36. The zero-order valence-corrected chi connectivity index (χ0v) is 11.1. The van der Waals surface area contributed by atoms with Crippen molar-refractivity contribution < 1.29 is 23.4 Å². The molecule has 1 atom stereocenters. The largest absolute Gasteiger partial charge is 0.465 e. The van der Waals surface area contributed by atoms with E-state index >= 15 is 0 Å². The maximum absolute atomic E-state index is 13.6. The van der Waals surface area contributed by atoms with E-state index in [4.69, 9.17) is 15.4 Å². The molecule has 2 N–H and O–H groups in total. The fraction of sp³-hybridized carbons (Fsp3) is 0.333. The Morgan fingerprint density at radius 1 is 1.59 bits per heavy atom. The van der Waals surface area contributed by atoms with Gasteiger partial charge in [-0.2, -0.15) is 0 Å². The molecule has 22 heavy (non-hydrogen) atoms. The lowest BCUT2D eigenvalue weighted by Crippen LogP contribution is -2.47. The van der Waals surface area contributed by atoms with E-state index in [9.17, 15) is 13.6 Å². The zero-order valence-electron chi connectivity index (χ0n) is 11.1. The second kappa shape index (κ2) is 6.37. The van der Waals surface area contributed by atoms with E-state index in [0.29, 0.717) is 0 Å². The monoisotopic (exact) mass is 311 g/mol. The van der Waals surface area contributed by atoms with Crippen molar-refractivity contribution in [2.24, 2.45) is 10.1 Å². The number of rotatable bonds is 3. The first-order chi connectivity index (χ1) is 10.5. The van der Waals surface area contributed by atoms with Crippen molar-refractivity contribution in [3.63, 3.8) is 0 Å². The number of carboxylic acid groups (broad SMARTS) is 1. The summed E-state index contributed by atoms with van der Waals surface area (Å²) in [5.74, 6) is -0.215. The van der Waals surface area contributed by atoms with Crippen molar-refractivity contribution in [3.8, 4) is 0 Å². The Morgan fingerprint density at radius 2 is 2.36 bits per heavy atom. The number of nitrogens with zero attached hydrogens (tertiary/aromatic N) is 4. The Kier molecular flexibility index (Phi) is 4.54. The fourth-order valence-corrected chi connectivity index (χ4v) is 2.07. The van der Waals surface area contributed by atoms with Crippen molar-refractivity contribution in [3.05, 3.63) is 40.3 Å². The number of amides is 1. The van der Waals surface area contributed by atoms with Gasteiger partial charge in [0.1, 0.15) is 12.4 Å². The van der Waals surface area contributed by atoms with Gasteiger partial charge in [-0.3, -0.25) is 5.32 Å². The Morgan fingerprint density at radius 3 is 3.00 bits per heavy atom. The van der Waals surface area contributed by atoms with Crippen molar-refractivity contribution in [2.75, 3.05) is 13.2 Å². The third-order valence-corrected chi connectivity index (χ3v) is 3.01. The van der Waals surface area contributed by atoms with Gasteiger partial charge in [-0.1, -0.05) is 23.3 Å². The Hall–Kier alpha value is -2.71. The highest BCUT2D eigenvalue weighted by molar-refractivity contribution is 5.96. The Labute approximate surface area is 123 Å². The van der Waals surface area contributed by atoms with Gasteiger partial charge in [0.25, 0.3) is 6.43 Å². The van der Waals surface area contributed by atoms with Gasteiger partial charge >= 0.3 is 6.09 Å². The standard InChI is InChI=1S/C12H11F2N5O3/c13-10(14)12(6-22-5-9(17-12)16-11(20)21)7-2-1-3-8(4-7)18-19-15/h1-4,10H,5-6H2,(H,16,17)(H,20,21). The van der Waals surface area contributed by atoms with E-state index in [-0.39, 0.29) is 23.7 Å². The summed E-state index contributed by atoms with van der Waals surface area (Å²) in [4.78, 5) is 17.1. The predicted molar refractivity (Wildman–Crippen MR) is 72.3 cm³/mol. The number of nitrogens with one attached hydrogen (secondary N) is 1. The molecule has 0 aliphatic carbocycles. The quantitative estimate of drug-likeness (QED) is 0.507. The SMILES string of the molecule is [N-]=[N+]=Nc1cccc(C2(C(F)F)COCC(NC(=O)O)=N2)c1. The molecule has 0 fully saturated rings. The molecule has 1 aliphatic heterocycles. The molecule has 1 unspecified atom stereocenters. The predicted octanol–water partition coefficient (Wildman–Crippen LogP) is 2.79. The summed E-state index contributed by atoms with van der Waals surface area (Å²) in [6.45, 7) is -0.633. The van der Waals surface area contributed by atoms with E-state index in [0.717, 1.165) is 0 Å². The van der Waals surface area contributed by atoms with Crippen LogP contribution >= 0.6 is 0 Å². The van der Waals surface area contributed by atoms with Gasteiger partial charge in [-0.15, -0.1) is 0 Å². The van der Waals surface area contributed by atoms with Gasteiger partial charge < -0.3 is 9.84 Å². The van der Waals surface area contributed by atoms with E-state index in [1.807, 2.05) is 5.32 Å². The number of alkyl halides is 2. The fourth-order valence-electron chi connectivity index (χ4n) is 2.07. The number of hydrogen-bond acceptors (Lipinski definition) is 4. The lowest BCUT2D eigenvalue weighted by molar-refractivity contribution is -0.0135. The van der Waals surface area contributed by atoms with Crippen molar-refractivity contribution >= 4 is 17.6 Å². The molecule has 0 aromatic heterocycles. The van der Waals surface area contributed by atoms with Crippen LogP contribution in [-0.2, 0) is 10.3 Å². The summed E-state index contributed by atoms with van der Waals surface area (Å²) in [5, 5.41) is 14.0. The topological polar surface area (TPSA) is 120 Å². The maximum Gasteiger partial charge on any atom is 0.410 e. The molecule has 10 heteroatoms. The van der Waals surface area contributed by atoms with Gasteiger partial charge in [0.2, 0.25) is 0 Å². The van der Waals surface area contributed by atoms with Crippen LogP contribution in [0.5, 0.6) is 0 Å². The van der Waals surface area contributed by atoms with Gasteiger partial charge in [0.05, 0.1) is 6.61 Å². The molecule has 0 radical (unpaired) electrons. The van der Waals surface area contributed by atoms with E-state index in [2.05, 4.69) is 15.0 Å². The first-order valence-electron chi connectivity index (χ1n) is 6.08. The summed E-state index contributed by atoms with van der Waals surface area (Å²) in [5.41, 5.74) is 6.57. The van der Waals surface area contributed by atoms with Crippen molar-refractivity contribution in [2.45, 2.75) is 12.0 Å². The van der Waals surface area contributed by atoms with Crippen LogP contribution in [0.1, 0.15) is 5.56 Å². The first-order valence-corrected chi connectivity index (χ1v) is 6.08. The minimum atomic E-state index is -2.94. The highest BCUT2D eigenvalue weighted by Gasteiger charge is 2.45. The van der Waals surface area contributed by atoms with Crippen LogP contribution in [-0.4, -0.2) is 36.7 Å². The second-order valence-electron chi connectivity index (χ2n) is 4.45. The highest BCUT2D eigenvalue weighted by atomic mass is 19.3. The van der Waals surface area contributed by atoms with E-state index < -0.39 is 24.7 Å². The molecule has 0 bridgehead atoms. The maximum atomic E-state index is 13.6. The smallest absolute Gasteiger partial charge is 0.410 e. The van der Waals surface area contributed by atoms with Crippen LogP contribution < -0.4 is 5.32 Å². The number of carbonyl (C=O) groups is 1. The summed E-state index contributed by atoms with van der Waals surface area (Å²) in [6, 6.07) is 5.55. The van der Waals surface area contributed by atoms with Crippen LogP contribution in [0, 0.1) is 0 Å². The molecule has 0 saturated heterocycles. The molecule has 0 spiro atoms. The van der Waals surface area contributed by atoms with Crippen LogP contribution in [0.4, 0.5) is 19.3 Å². The number of amidine groups is 1. The summed E-state index contributed by atoms with van der Waals surface area (Å²) >= 11 is 0. The summed E-state index contributed by atoms with van der Waals surface area (Å²) in [7, 11) is 0. The third kappa shape index (κ3) is 3.13. The number of azide groups is 1. The molecular weight excluding hydrogens is 300 g/mol. The molecular formula is C12H11F2N5O3. The number of aliphatic imine (C=N–C) groups is 1. The van der Waals surface area contributed by atoms with Gasteiger partial charge in [0.15, 0.2) is 5.54 Å². The normalized spacial score (nSPS) is 21.0. The molecule has 1 aromatic carbocycles. The average molecular weight is 311 g/mol. The van der Waals surface area contributed by atoms with Gasteiger partial charge in [0, 0.05) is 10.6 Å². The van der Waals surface area contributed by atoms with Crippen molar-refractivity contribution in [1.29, 1.82) is 0 Å². The minimum absolute atomic E-state index is 0.0665. The molecule has 0 saturated carbocycles. The first kappa shape index (κ1) is 15.7. The van der Waals surface area contributed by atoms with E-state index in [1.165, 1.54) is 24.3 Å². The number of hydrogen-bond donors (Lipinski definition) is 2. The lowest BCUT2D eigenvalue weighted by Gasteiger charge is -2.33. The number of halogens is 2. The second-order valence-corrected chi connectivity index (χ2v) is 4.45. The molecule has 2 rings (SSSR count). The van der Waals surface area contributed by atoms with Crippen LogP contribution in [0.3, 0.4) is 0 Å². The van der Waals surface area contributed by atoms with Gasteiger partial charge in [-0.05, 0) is 17.2 Å². The minimum Gasteiger partial charge on any atom is -0.465 e. The number of benzene rings is 1. The van der Waals surface area contributed by atoms with Crippen LogP contribution in [0.25, 0.3) is 10.4 Å². The van der Waals surface area contributed by atoms with Crippen LogP contribution in [0.15, 0.2) is 34.4 Å². The molecule has 116 valence electrons. The third-order valence-electron chi connectivity index (χ3n) is 3.01. The molecule has 1 aliphatic rings. The molecule has 1 aromatic rings. The molecule has 1 amide bonds. The lowest BCUT2D eigenvalue weighted by atomic mass is 9.90. The number of ether oxygens (including phenoxy) is 1.